The number of unbranched alkanes of at least 4 members (excludes halogenated alkanes) is 14. The Balaban J connectivity index is 0. The molecule has 0 amide bonds. The van der Waals surface area contributed by atoms with Crippen molar-refractivity contribution in [3.63, 3.8) is 0 Å². The van der Waals surface area contributed by atoms with Crippen molar-refractivity contribution in [3.05, 3.63) is 0 Å². The molecule has 0 aliphatic rings. The van der Waals surface area contributed by atoms with E-state index >= 15 is 0 Å². The third kappa shape index (κ3) is 29.8. The van der Waals surface area contributed by atoms with Gasteiger partial charge in [0.1, 0.15) is 0 Å². The Labute approximate surface area is 222 Å². The molecule has 0 aromatic carbocycles. The van der Waals surface area contributed by atoms with E-state index < -0.39 is 0 Å². The first-order valence-electron chi connectivity index (χ1n) is 12.7. The van der Waals surface area contributed by atoms with Crippen LogP contribution in [0.5, 0.6) is 0 Å². The van der Waals surface area contributed by atoms with E-state index in [1.54, 1.807) is 0 Å². The van der Waals surface area contributed by atoms with Crippen molar-refractivity contribution < 1.29 is 4.74 Å². The molecule has 0 aromatic rings. The molecule has 28 heavy (non-hydrogen) atoms. The molecule has 2 heteroatoms. The molecule has 0 fully saturated rings. The van der Waals surface area contributed by atoms with E-state index in [1.165, 1.54) is 116 Å². The molecule has 0 N–H and O–H groups in total. The quantitative estimate of drug-likeness (QED) is 0.125. The van der Waals surface area contributed by atoms with Gasteiger partial charge in [0.15, 0.2) is 0 Å². The van der Waals surface area contributed by atoms with Gasteiger partial charge in [-0.25, -0.2) is 0 Å². The Morgan fingerprint density at radius 3 is 0.929 bits per heavy atom. The second-order valence-corrected chi connectivity index (χ2v) is 9.63. The SMILES string of the molecule is CC(C)CCCCCCCCCCOCCCCCCCCCCC(C)C.[KH]. The van der Waals surface area contributed by atoms with E-state index in [9.17, 15) is 0 Å². The molecule has 0 aliphatic carbocycles. The van der Waals surface area contributed by atoms with Crippen LogP contribution in [0.2, 0.25) is 0 Å². The molecule has 0 saturated heterocycles. The van der Waals surface area contributed by atoms with E-state index in [-0.39, 0.29) is 51.4 Å². The summed E-state index contributed by atoms with van der Waals surface area (Å²) in [6.45, 7) is 11.3. The summed E-state index contributed by atoms with van der Waals surface area (Å²) >= 11 is 0. The van der Waals surface area contributed by atoms with Gasteiger partial charge in [-0.15, -0.1) is 0 Å². The fraction of sp³-hybridized carbons (Fsp3) is 1.00. The second kappa shape index (κ2) is 26.6. The summed E-state index contributed by atoms with van der Waals surface area (Å²) in [5.74, 6) is 1.77. The summed E-state index contributed by atoms with van der Waals surface area (Å²) in [5, 5.41) is 0. The van der Waals surface area contributed by atoms with Gasteiger partial charge in [0.2, 0.25) is 0 Å². The van der Waals surface area contributed by atoms with Gasteiger partial charge in [0.25, 0.3) is 0 Å². The monoisotopic (exact) mass is 422 g/mol. The van der Waals surface area contributed by atoms with Crippen molar-refractivity contribution in [1.82, 2.24) is 0 Å². The van der Waals surface area contributed by atoms with Gasteiger partial charge in [0, 0.05) is 13.2 Å². The van der Waals surface area contributed by atoms with Gasteiger partial charge < -0.3 is 4.74 Å². The van der Waals surface area contributed by atoms with Crippen LogP contribution in [0, 0.1) is 11.8 Å². The van der Waals surface area contributed by atoms with Crippen LogP contribution in [0.1, 0.15) is 143 Å². The third-order valence-corrected chi connectivity index (χ3v) is 5.64. The molecule has 0 atom stereocenters. The van der Waals surface area contributed by atoms with Crippen LogP contribution in [0.4, 0.5) is 0 Å². The Bertz CT molecular complexity index is 239. The Kier molecular flexibility index (Phi) is 30.2. The van der Waals surface area contributed by atoms with Crippen LogP contribution in [-0.2, 0) is 4.74 Å². The topological polar surface area (TPSA) is 9.23 Å². The molecule has 0 heterocycles. The Morgan fingerprint density at radius 2 is 0.643 bits per heavy atom. The minimum absolute atomic E-state index is 0. The van der Waals surface area contributed by atoms with Crippen LogP contribution in [0.25, 0.3) is 0 Å². The number of rotatable bonds is 22. The Morgan fingerprint density at radius 1 is 0.393 bits per heavy atom. The maximum absolute atomic E-state index is 5.80. The van der Waals surface area contributed by atoms with Gasteiger partial charge in [-0.1, -0.05) is 130 Å². The standard InChI is InChI=1S/C26H54O.K.H/c1-25(2)21-17-13-9-5-7-11-15-19-23-27-24-20-16-12-8-6-10-14-18-22-26(3)4;;/h25-26H,5-24H2,1-4H3;;. The number of hydrogen-bond donors (Lipinski definition) is 0. The zero-order chi connectivity index (χ0) is 20.0. The van der Waals surface area contributed by atoms with E-state index in [1.807, 2.05) is 0 Å². The Hall–Kier alpha value is 1.60. The molecule has 0 unspecified atom stereocenters. The fourth-order valence-electron chi connectivity index (χ4n) is 3.74. The molecular formula is C26H55KO. The summed E-state index contributed by atoms with van der Waals surface area (Å²) in [6.07, 6.45) is 25.3. The second-order valence-electron chi connectivity index (χ2n) is 9.63. The molecule has 0 aliphatic heterocycles. The van der Waals surface area contributed by atoms with Crippen LogP contribution in [-0.4, -0.2) is 64.6 Å². The van der Waals surface area contributed by atoms with Gasteiger partial charge in [-0.3, -0.25) is 0 Å². The van der Waals surface area contributed by atoms with E-state index in [0.717, 1.165) is 25.0 Å². The summed E-state index contributed by atoms with van der Waals surface area (Å²) in [5.41, 5.74) is 0. The van der Waals surface area contributed by atoms with Gasteiger partial charge >= 0.3 is 51.4 Å². The summed E-state index contributed by atoms with van der Waals surface area (Å²) in [7, 11) is 0. The summed E-state index contributed by atoms with van der Waals surface area (Å²) in [6, 6.07) is 0. The molecule has 0 rings (SSSR count). The fourth-order valence-corrected chi connectivity index (χ4v) is 3.74. The van der Waals surface area contributed by atoms with Crippen LogP contribution in [0.3, 0.4) is 0 Å². The zero-order valence-corrected chi connectivity index (χ0v) is 19.7. The molecule has 0 radical (unpaired) electrons. The summed E-state index contributed by atoms with van der Waals surface area (Å²) in [4.78, 5) is 0. The maximum atomic E-state index is 5.80. The van der Waals surface area contributed by atoms with Crippen molar-refractivity contribution in [2.24, 2.45) is 11.8 Å². The van der Waals surface area contributed by atoms with Crippen LogP contribution >= 0.6 is 0 Å². The van der Waals surface area contributed by atoms with Gasteiger partial charge in [-0.2, -0.15) is 0 Å². The van der Waals surface area contributed by atoms with E-state index in [0.29, 0.717) is 0 Å². The molecule has 0 saturated carbocycles. The third-order valence-electron chi connectivity index (χ3n) is 5.64. The van der Waals surface area contributed by atoms with E-state index in [4.69, 9.17) is 4.74 Å². The number of hydrogen-bond acceptors (Lipinski definition) is 1. The van der Waals surface area contributed by atoms with Crippen molar-refractivity contribution >= 4 is 51.4 Å². The normalized spacial score (nSPS) is 11.4. The van der Waals surface area contributed by atoms with Crippen molar-refractivity contribution in [2.75, 3.05) is 13.2 Å². The van der Waals surface area contributed by atoms with E-state index in [2.05, 4.69) is 27.7 Å². The van der Waals surface area contributed by atoms with Gasteiger partial charge in [0.05, 0.1) is 0 Å². The van der Waals surface area contributed by atoms with Crippen molar-refractivity contribution in [2.45, 2.75) is 143 Å². The predicted octanol–water partition coefficient (Wildman–Crippen LogP) is 8.69. The average Bonchev–Trinajstić information content (AvgIpc) is 2.62. The molecule has 0 spiro atoms. The molecular weight excluding hydrogens is 367 g/mol. The van der Waals surface area contributed by atoms with Gasteiger partial charge in [-0.05, 0) is 24.7 Å². The summed E-state index contributed by atoms with van der Waals surface area (Å²) < 4.78 is 5.80. The van der Waals surface area contributed by atoms with Crippen LogP contribution < -0.4 is 0 Å². The number of ether oxygens (including phenoxy) is 1. The molecule has 166 valence electrons. The zero-order valence-electron chi connectivity index (χ0n) is 19.7. The predicted molar refractivity (Wildman–Crippen MR) is 131 cm³/mol. The van der Waals surface area contributed by atoms with Crippen molar-refractivity contribution in [1.29, 1.82) is 0 Å². The average molecular weight is 423 g/mol. The molecule has 1 nitrogen and oxygen atoms in total. The first-order valence-corrected chi connectivity index (χ1v) is 12.7. The molecule has 0 bridgehead atoms. The van der Waals surface area contributed by atoms with Crippen molar-refractivity contribution in [3.8, 4) is 0 Å². The van der Waals surface area contributed by atoms with Crippen LogP contribution in [0.15, 0.2) is 0 Å². The minimum atomic E-state index is 0. The molecule has 0 aromatic heterocycles. The first kappa shape index (κ1) is 31.8. The first-order chi connectivity index (χ1) is 13.1.